The second-order valence-corrected chi connectivity index (χ2v) is 18.9. The van der Waals surface area contributed by atoms with Gasteiger partial charge >= 0.3 is 5.97 Å². The zero-order valence-electron chi connectivity index (χ0n) is 29.7. The molecule has 8 rings (SSSR count). The van der Waals surface area contributed by atoms with E-state index < -0.39 is 70.6 Å². The Morgan fingerprint density at radius 2 is 1.52 bits per heavy atom. The van der Waals surface area contributed by atoms with E-state index in [2.05, 4.69) is 27.7 Å². The third-order valence-electron chi connectivity index (χ3n) is 16.4. The van der Waals surface area contributed by atoms with Gasteiger partial charge < -0.3 is 49.2 Å². The summed E-state index contributed by atoms with van der Waals surface area (Å²) in [5.41, 5.74) is -3.27. The van der Waals surface area contributed by atoms with Crippen molar-refractivity contribution in [2.45, 2.75) is 166 Å². The van der Waals surface area contributed by atoms with Gasteiger partial charge in [-0.2, -0.15) is 0 Å². The molecule has 272 valence electrons. The molecule has 0 aromatic heterocycles. The molecule has 48 heavy (non-hydrogen) atoms. The molecule has 2 bridgehead atoms. The van der Waals surface area contributed by atoms with Crippen LogP contribution in [0, 0.1) is 44.8 Å². The molecule has 8 aliphatic rings. The van der Waals surface area contributed by atoms with E-state index in [1.807, 2.05) is 0 Å². The van der Waals surface area contributed by atoms with E-state index in [0.717, 1.165) is 44.9 Å². The molecule has 11 heteroatoms. The zero-order chi connectivity index (χ0) is 34.7. The number of aliphatic hydroxyl groups is 5. The number of ether oxygens (including phenoxy) is 5. The summed E-state index contributed by atoms with van der Waals surface area (Å²) in [5.74, 6) is -1.33. The van der Waals surface area contributed by atoms with Crippen molar-refractivity contribution >= 4 is 5.97 Å². The lowest BCUT2D eigenvalue weighted by Gasteiger charge is -2.64. The van der Waals surface area contributed by atoms with Crippen molar-refractivity contribution in [3.63, 3.8) is 0 Å². The highest BCUT2D eigenvalue weighted by molar-refractivity contribution is 5.66. The first-order valence-electron chi connectivity index (χ1n) is 18.5. The predicted molar refractivity (Wildman–Crippen MR) is 170 cm³/mol. The summed E-state index contributed by atoms with van der Waals surface area (Å²) in [4.78, 5) is 12.7. The number of hydrogen-bond acceptors (Lipinski definition) is 11. The van der Waals surface area contributed by atoms with E-state index in [0.29, 0.717) is 25.4 Å². The molecule has 16 atom stereocenters. The van der Waals surface area contributed by atoms with Crippen LogP contribution in [0.2, 0.25) is 0 Å². The third kappa shape index (κ3) is 3.95. The van der Waals surface area contributed by atoms with Crippen molar-refractivity contribution < 1.29 is 54.0 Å². The minimum absolute atomic E-state index is 0.0248. The van der Waals surface area contributed by atoms with Crippen molar-refractivity contribution in [3.8, 4) is 0 Å². The summed E-state index contributed by atoms with van der Waals surface area (Å²) in [7, 11) is 0. The van der Waals surface area contributed by atoms with Crippen LogP contribution in [-0.4, -0.2) is 105 Å². The maximum atomic E-state index is 12.7. The van der Waals surface area contributed by atoms with Crippen molar-refractivity contribution in [3.05, 3.63) is 0 Å². The second kappa shape index (κ2) is 10.2. The Labute approximate surface area is 284 Å². The highest BCUT2D eigenvalue weighted by atomic mass is 16.7. The van der Waals surface area contributed by atoms with Gasteiger partial charge in [0, 0.05) is 30.1 Å². The number of hydrogen-bond donors (Lipinski definition) is 5. The lowest BCUT2D eigenvalue weighted by molar-refractivity contribution is -0.317. The summed E-state index contributed by atoms with van der Waals surface area (Å²) in [6.45, 7) is 14.0. The third-order valence-corrected chi connectivity index (χ3v) is 16.4. The topological polar surface area (TPSA) is 164 Å². The molecular weight excluding hydrogens is 620 g/mol. The smallest absolute Gasteiger partial charge is 0.303 e. The quantitative estimate of drug-likeness (QED) is 0.219. The zero-order valence-corrected chi connectivity index (χ0v) is 29.7. The highest BCUT2D eigenvalue weighted by Crippen LogP contribution is 2.89. The number of aliphatic hydroxyl groups excluding tert-OH is 4. The van der Waals surface area contributed by atoms with Gasteiger partial charge in [-0.05, 0) is 100 Å². The molecule has 3 unspecified atom stereocenters. The minimum atomic E-state index is -1.32. The van der Waals surface area contributed by atoms with E-state index in [4.69, 9.17) is 23.7 Å². The second-order valence-electron chi connectivity index (χ2n) is 18.9. The normalized spacial score (nSPS) is 58.1. The molecule has 5 N–H and O–H groups in total. The lowest BCUT2D eigenvalue weighted by Crippen LogP contribution is -2.63. The fraction of sp³-hybridized carbons (Fsp3) is 0.973. The minimum Gasteiger partial charge on any atom is -0.459 e. The number of fused-ring (bicyclic) bond motifs is 4. The van der Waals surface area contributed by atoms with Gasteiger partial charge in [0.1, 0.15) is 30.0 Å². The molecule has 5 saturated carbocycles. The van der Waals surface area contributed by atoms with Crippen LogP contribution in [0.3, 0.4) is 0 Å². The van der Waals surface area contributed by atoms with E-state index in [-0.39, 0.29) is 40.8 Å². The van der Waals surface area contributed by atoms with E-state index in [1.54, 1.807) is 13.8 Å². The monoisotopic (exact) mass is 678 g/mol. The molecule has 3 spiro atoms. The Morgan fingerprint density at radius 3 is 2.21 bits per heavy atom. The largest absolute Gasteiger partial charge is 0.459 e. The van der Waals surface area contributed by atoms with Crippen molar-refractivity contribution in [2.24, 2.45) is 44.8 Å². The van der Waals surface area contributed by atoms with Gasteiger partial charge in [-0.15, -0.1) is 0 Å². The molecule has 3 aliphatic heterocycles. The van der Waals surface area contributed by atoms with Crippen LogP contribution in [0.4, 0.5) is 0 Å². The van der Waals surface area contributed by atoms with E-state index in [1.165, 1.54) is 6.92 Å². The summed E-state index contributed by atoms with van der Waals surface area (Å²) >= 11 is 0. The lowest BCUT2D eigenvalue weighted by atomic mass is 9.41. The first kappa shape index (κ1) is 34.2. The average Bonchev–Trinajstić information content (AvgIpc) is 3.50. The fourth-order valence-electron chi connectivity index (χ4n) is 14.1. The summed E-state index contributed by atoms with van der Waals surface area (Å²) in [5, 5.41) is 54.9. The van der Waals surface area contributed by atoms with Gasteiger partial charge in [-0.1, -0.05) is 20.8 Å². The van der Waals surface area contributed by atoms with Crippen LogP contribution < -0.4 is 0 Å². The standard InChI is InChI=1S/C37H58O11/c1-19(38)46-26-27-32(6)12-15-37(48-32,31(4,5)43)45-18-36(27)14-13-35-17-34(35)11-10-23(47-29-25(41)24(40)20(39)16-44-29)30(2,3)21(34)8-9-22(35)33(36,7)28(26)42/h20-29,39-43H,8-18H2,1-7H3/t20-,21?,22?,23+,24+,25-,26-,27?,28-,29+,32+,33-,34-,35+,36+,37+/m1/s1. The molecule has 0 aromatic rings. The van der Waals surface area contributed by atoms with Crippen LogP contribution in [0.25, 0.3) is 0 Å². The number of carbonyl (C=O) groups is 1. The maximum absolute atomic E-state index is 12.7. The Kier molecular flexibility index (Phi) is 7.24. The molecule has 0 aromatic carbocycles. The van der Waals surface area contributed by atoms with Crippen LogP contribution in [-0.2, 0) is 28.5 Å². The Morgan fingerprint density at radius 1 is 0.854 bits per heavy atom. The Balaban J connectivity index is 1.13. The predicted octanol–water partition coefficient (Wildman–Crippen LogP) is 2.81. The molecular formula is C37H58O11. The van der Waals surface area contributed by atoms with E-state index in [9.17, 15) is 30.3 Å². The van der Waals surface area contributed by atoms with Gasteiger partial charge in [-0.25, -0.2) is 0 Å². The Bertz CT molecular complexity index is 1350. The van der Waals surface area contributed by atoms with Gasteiger partial charge in [0.2, 0.25) is 0 Å². The molecule has 3 saturated heterocycles. The molecule has 8 fully saturated rings. The maximum Gasteiger partial charge on any atom is 0.303 e. The van der Waals surface area contributed by atoms with Crippen molar-refractivity contribution in [2.75, 3.05) is 13.2 Å². The summed E-state index contributed by atoms with van der Waals surface area (Å²) in [6, 6.07) is 0. The first-order chi connectivity index (χ1) is 22.3. The van der Waals surface area contributed by atoms with Gasteiger partial charge in [0.25, 0.3) is 0 Å². The van der Waals surface area contributed by atoms with Crippen molar-refractivity contribution in [1.29, 1.82) is 0 Å². The van der Waals surface area contributed by atoms with Crippen LogP contribution in [0.1, 0.15) is 106 Å². The van der Waals surface area contributed by atoms with Crippen LogP contribution in [0.15, 0.2) is 0 Å². The molecule has 5 aliphatic carbocycles. The summed E-state index contributed by atoms with van der Waals surface area (Å²) < 4.78 is 31.9. The molecule has 0 radical (unpaired) electrons. The van der Waals surface area contributed by atoms with Gasteiger partial charge in [0.05, 0.1) is 31.0 Å². The fourth-order valence-corrected chi connectivity index (χ4v) is 14.1. The van der Waals surface area contributed by atoms with Gasteiger partial charge in [-0.3, -0.25) is 4.79 Å². The SMILES string of the molecule is CC(=O)O[C@@H]1C2[C@]3(CC[C@@]45C[C@@]46CC[C@H](O[C@@H]4OC[C@@H](O)[C@H](O)[C@H]4O)C(C)(C)C6CCC5[C@]3(C)[C@@H]1O)CO[C@@]1(C(C)(C)O)CC[C@]2(C)O1. The van der Waals surface area contributed by atoms with Crippen LogP contribution in [0.5, 0.6) is 0 Å². The van der Waals surface area contributed by atoms with Crippen molar-refractivity contribution in [1.82, 2.24) is 0 Å². The van der Waals surface area contributed by atoms with Crippen LogP contribution >= 0.6 is 0 Å². The highest BCUT2D eigenvalue weighted by Gasteiger charge is 2.87. The number of carbonyl (C=O) groups excluding carboxylic acids is 1. The molecule has 11 nitrogen and oxygen atoms in total. The number of esters is 1. The summed E-state index contributed by atoms with van der Waals surface area (Å²) in [6.07, 6.45) is 1.09. The first-order valence-corrected chi connectivity index (χ1v) is 18.5. The Hall–Kier alpha value is -0.890. The average molecular weight is 679 g/mol. The molecule has 3 heterocycles. The molecule has 0 amide bonds. The van der Waals surface area contributed by atoms with Gasteiger partial charge in [0.15, 0.2) is 12.1 Å². The van der Waals surface area contributed by atoms with E-state index >= 15 is 0 Å². The number of rotatable bonds is 4.